The molecule has 0 unspecified atom stereocenters. The summed E-state index contributed by atoms with van der Waals surface area (Å²) < 4.78 is 55.6. The number of aromatic nitrogens is 2. The van der Waals surface area contributed by atoms with Gasteiger partial charge in [-0.05, 0) is 23.8 Å². The SMILES string of the molecule is O=C(NOCc1ccccc1)c1ccc(-c2noc(C(F)(F)F)n2)c(F)c1. The van der Waals surface area contributed by atoms with E-state index in [-0.39, 0.29) is 17.7 Å². The van der Waals surface area contributed by atoms with Gasteiger partial charge in [-0.25, -0.2) is 9.87 Å². The molecule has 1 aromatic heterocycles. The van der Waals surface area contributed by atoms with E-state index in [9.17, 15) is 22.4 Å². The number of carbonyl (C=O) groups excluding carboxylic acids is 1. The third-order valence-corrected chi connectivity index (χ3v) is 3.39. The van der Waals surface area contributed by atoms with Crippen molar-refractivity contribution >= 4 is 5.91 Å². The molecule has 10 heteroatoms. The van der Waals surface area contributed by atoms with E-state index in [2.05, 4.69) is 20.1 Å². The van der Waals surface area contributed by atoms with Crippen molar-refractivity contribution in [2.24, 2.45) is 0 Å². The Hall–Kier alpha value is -3.27. The lowest BCUT2D eigenvalue weighted by atomic mass is 10.1. The first-order chi connectivity index (χ1) is 12.8. The third-order valence-electron chi connectivity index (χ3n) is 3.39. The smallest absolute Gasteiger partial charge is 0.329 e. The number of benzene rings is 2. The average molecular weight is 381 g/mol. The van der Waals surface area contributed by atoms with E-state index in [0.717, 1.165) is 17.7 Å². The van der Waals surface area contributed by atoms with Crippen LogP contribution in [0.4, 0.5) is 17.6 Å². The summed E-state index contributed by atoms with van der Waals surface area (Å²) in [5.41, 5.74) is 2.54. The first-order valence-electron chi connectivity index (χ1n) is 7.51. The molecular weight excluding hydrogens is 370 g/mol. The second kappa shape index (κ2) is 7.54. The van der Waals surface area contributed by atoms with Gasteiger partial charge in [0.2, 0.25) is 5.82 Å². The van der Waals surface area contributed by atoms with Crippen molar-refractivity contribution in [2.75, 3.05) is 0 Å². The minimum absolute atomic E-state index is 0.0937. The molecule has 0 aliphatic rings. The van der Waals surface area contributed by atoms with Gasteiger partial charge < -0.3 is 4.52 Å². The van der Waals surface area contributed by atoms with Crippen LogP contribution in [-0.2, 0) is 17.6 Å². The molecule has 0 spiro atoms. The van der Waals surface area contributed by atoms with Crippen LogP contribution in [-0.4, -0.2) is 16.0 Å². The zero-order valence-electron chi connectivity index (χ0n) is 13.5. The highest BCUT2D eigenvalue weighted by Crippen LogP contribution is 2.30. The summed E-state index contributed by atoms with van der Waals surface area (Å²) >= 11 is 0. The Balaban J connectivity index is 1.67. The number of nitrogens with zero attached hydrogens (tertiary/aromatic N) is 2. The molecule has 0 radical (unpaired) electrons. The largest absolute Gasteiger partial charge is 0.471 e. The number of hydrogen-bond donors (Lipinski definition) is 1. The van der Waals surface area contributed by atoms with Gasteiger partial charge in [0.05, 0.1) is 12.2 Å². The zero-order valence-corrected chi connectivity index (χ0v) is 13.5. The van der Waals surface area contributed by atoms with Crippen LogP contribution in [0.25, 0.3) is 11.4 Å². The average Bonchev–Trinajstić information content (AvgIpc) is 3.12. The summed E-state index contributed by atoms with van der Waals surface area (Å²) in [4.78, 5) is 20.1. The monoisotopic (exact) mass is 381 g/mol. The number of halogens is 4. The molecule has 0 atom stereocenters. The quantitative estimate of drug-likeness (QED) is 0.538. The van der Waals surface area contributed by atoms with Crippen LogP contribution < -0.4 is 5.48 Å². The molecule has 3 aromatic rings. The van der Waals surface area contributed by atoms with Gasteiger partial charge in [0, 0.05) is 5.56 Å². The minimum Gasteiger partial charge on any atom is -0.329 e. The number of carbonyl (C=O) groups is 1. The van der Waals surface area contributed by atoms with Gasteiger partial charge in [0.15, 0.2) is 0 Å². The van der Waals surface area contributed by atoms with E-state index >= 15 is 0 Å². The molecule has 0 saturated heterocycles. The zero-order chi connectivity index (χ0) is 19.4. The van der Waals surface area contributed by atoms with E-state index in [1.807, 2.05) is 6.07 Å². The Morgan fingerprint density at radius 2 is 1.89 bits per heavy atom. The fourth-order valence-corrected chi connectivity index (χ4v) is 2.10. The standard InChI is InChI=1S/C17H11F4N3O3/c18-13-8-11(15(25)24-26-9-10-4-2-1-3-5-10)6-7-12(13)14-22-16(27-23-14)17(19,20)21/h1-8H,9H2,(H,24,25). The predicted molar refractivity (Wildman–Crippen MR) is 83.4 cm³/mol. The summed E-state index contributed by atoms with van der Waals surface area (Å²) in [6, 6.07) is 12.1. The summed E-state index contributed by atoms with van der Waals surface area (Å²) in [5.74, 6) is -3.87. The van der Waals surface area contributed by atoms with Gasteiger partial charge in [-0.15, -0.1) is 0 Å². The number of rotatable bonds is 5. The summed E-state index contributed by atoms with van der Waals surface area (Å²) in [5, 5.41) is 3.10. The fourth-order valence-electron chi connectivity index (χ4n) is 2.10. The lowest BCUT2D eigenvalue weighted by Crippen LogP contribution is -2.23. The highest BCUT2D eigenvalue weighted by atomic mass is 19.4. The van der Waals surface area contributed by atoms with E-state index < -0.39 is 29.6 Å². The summed E-state index contributed by atoms with van der Waals surface area (Å²) in [6.07, 6.45) is -4.84. The number of hydrogen-bond acceptors (Lipinski definition) is 5. The van der Waals surface area contributed by atoms with Crippen LogP contribution in [0, 0.1) is 5.82 Å². The Labute approximate surface area is 149 Å². The Morgan fingerprint density at radius 3 is 2.52 bits per heavy atom. The molecule has 3 rings (SSSR count). The van der Waals surface area contributed by atoms with Crippen molar-refractivity contribution in [2.45, 2.75) is 12.8 Å². The molecular formula is C17H11F4N3O3. The molecule has 6 nitrogen and oxygen atoms in total. The fraction of sp³-hybridized carbons (Fsp3) is 0.118. The summed E-state index contributed by atoms with van der Waals surface area (Å²) in [7, 11) is 0. The molecule has 1 heterocycles. The molecule has 0 aliphatic carbocycles. The van der Waals surface area contributed by atoms with Crippen LogP contribution in [0.3, 0.4) is 0 Å². The molecule has 140 valence electrons. The maximum absolute atomic E-state index is 14.2. The Morgan fingerprint density at radius 1 is 1.15 bits per heavy atom. The second-order valence-corrected chi connectivity index (χ2v) is 5.32. The van der Waals surface area contributed by atoms with Crippen LogP contribution in [0.5, 0.6) is 0 Å². The topological polar surface area (TPSA) is 77.2 Å². The van der Waals surface area contributed by atoms with Gasteiger partial charge in [0.25, 0.3) is 5.91 Å². The Kier molecular flexibility index (Phi) is 5.17. The number of alkyl halides is 3. The van der Waals surface area contributed by atoms with E-state index in [0.29, 0.717) is 0 Å². The maximum Gasteiger partial charge on any atom is 0.471 e. The van der Waals surface area contributed by atoms with Crippen LogP contribution >= 0.6 is 0 Å². The minimum atomic E-state index is -4.84. The van der Waals surface area contributed by atoms with Crippen molar-refractivity contribution in [1.29, 1.82) is 0 Å². The van der Waals surface area contributed by atoms with E-state index in [1.165, 1.54) is 6.07 Å². The van der Waals surface area contributed by atoms with Crippen molar-refractivity contribution in [1.82, 2.24) is 15.6 Å². The van der Waals surface area contributed by atoms with Gasteiger partial charge in [-0.1, -0.05) is 35.5 Å². The second-order valence-electron chi connectivity index (χ2n) is 5.32. The van der Waals surface area contributed by atoms with E-state index in [1.54, 1.807) is 24.3 Å². The maximum atomic E-state index is 14.2. The first kappa shape index (κ1) is 18.5. The highest BCUT2D eigenvalue weighted by molar-refractivity contribution is 5.93. The molecule has 2 aromatic carbocycles. The predicted octanol–water partition coefficient (Wildman–Crippen LogP) is 3.76. The third kappa shape index (κ3) is 4.47. The normalized spacial score (nSPS) is 11.4. The highest BCUT2D eigenvalue weighted by Gasteiger charge is 2.38. The molecule has 0 bridgehead atoms. The number of nitrogens with one attached hydrogen (secondary N) is 1. The lowest BCUT2D eigenvalue weighted by molar-refractivity contribution is -0.159. The van der Waals surface area contributed by atoms with Crippen molar-refractivity contribution in [3.63, 3.8) is 0 Å². The molecule has 0 fully saturated rings. The van der Waals surface area contributed by atoms with Gasteiger partial charge in [-0.3, -0.25) is 9.63 Å². The van der Waals surface area contributed by atoms with Crippen LogP contribution in [0.1, 0.15) is 21.8 Å². The lowest BCUT2D eigenvalue weighted by Gasteiger charge is -2.07. The molecule has 1 N–H and O–H groups in total. The summed E-state index contributed by atoms with van der Waals surface area (Å²) in [6.45, 7) is 0.107. The molecule has 27 heavy (non-hydrogen) atoms. The van der Waals surface area contributed by atoms with E-state index in [4.69, 9.17) is 4.84 Å². The van der Waals surface area contributed by atoms with Crippen molar-refractivity contribution < 1.29 is 31.7 Å². The van der Waals surface area contributed by atoms with Crippen molar-refractivity contribution in [3.8, 4) is 11.4 Å². The Bertz CT molecular complexity index is 942. The van der Waals surface area contributed by atoms with Gasteiger partial charge in [0.1, 0.15) is 5.82 Å². The molecule has 0 saturated carbocycles. The molecule has 0 aliphatic heterocycles. The van der Waals surface area contributed by atoms with Crippen molar-refractivity contribution in [3.05, 3.63) is 71.4 Å². The van der Waals surface area contributed by atoms with Crippen LogP contribution in [0.2, 0.25) is 0 Å². The van der Waals surface area contributed by atoms with Crippen LogP contribution in [0.15, 0.2) is 53.1 Å². The number of hydroxylamine groups is 1. The first-order valence-corrected chi connectivity index (χ1v) is 7.51. The number of amides is 1. The van der Waals surface area contributed by atoms with Gasteiger partial charge >= 0.3 is 12.1 Å². The van der Waals surface area contributed by atoms with Gasteiger partial charge in [-0.2, -0.15) is 18.2 Å². The molecule has 1 amide bonds.